The number of rotatable bonds is 3. The lowest BCUT2D eigenvalue weighted by Gasteiger charge is -2.33. The highest BCUT2D eigenvalue weighted by molar-refractivity contribution is 7.09. The fourth-order valence-corrected chi connectivity index (χ4v) is 4.28. The van der Waals surface area contributed by atoms with E-state index in [-0.39, 0.29) is 17.8 Å². The first-order chi connectivity index (χ1) is 14.0. The van der Waals surface area contributed by atoms with Crippen molar-refractivity contribution in [1.29, 1.82) is 0 Å². The van der Waals surface area contributed by atoms with Crippen LogP contribution in [0.2, 0.25) is 0 Å². The smallest absolute Gasteiger partial charge is 0.254 e. The Hall–Kier alpha value is -2.95. The number of hydrogen-bond donors (Lipinski definition) is 0. The van der Waals surface area contributed by atoms with Crippen LogP contribution in [0.25, 0.3) is 10.8 Å². The number of benzene rings is 1. The summed E-state index contributed by atoms with van der Waals surface area (Å²) in [7, 11) is 0. The Kier molecular flexibility index (Phi) is 4.26. The minimum Gasteiger partial charge on any atom is -0.334 e. The maximum Gasteiger partial charge on any atom is 0.254 e. The van der Waals surface area contributed by atoms with Gasteiger partial charge < -0.3 is 14.4 Å². The molecule has 0 unspecified atom stereocenters. The minimum atomic E-state index is -0.826. The van der Waals surface area contributed by atoms with Gasteiger partial charge in [-0.15, -0.1) is 10.2 Å². The third-order valence-electron chi connectivity index (χ3n) is 5.26. The molecule has 3 aromatic rings. The number of amides is 1. The topological polar surface area (TPSA) is 80.0 Å². The Bertz CT molecular complexity index is 1060. The molecule has 2 aliphatic rings. The average molecular weight is 417 g/mol. The molecule has 0 saturated carbocycles. The molecule has 1 atom stereocenters. The van der Waals surface area contributed by atoms with Gasteiger partial charge in [-0.1, -0.05) is 0 Å². The van der Waals surface area contributed by atoms with E-state index in [0.29, 0.717) is 54.3 Å². The first-order valence-electron chi connectivity index (χ1n) is 9.24. The zero-order valence-electron chi connectivity index (χ0n) is 15.5. The molecule has 0 aliphatic carbocycles. The zero-order chi connectivity index (χ0) is 20.1. The third-order valence-corrected chi connectivity index (χ3v) is 5.96. The van der Waals surface area contributed by atoms with Crippen molar-refractivity contribution in [3.8, 4) is 10.8 Å². The molecule has 0 spiro atoms. The summed E-state index contributed by atoms with van der Waals surface area (Å²) in [6, 6.07) is 5.22. The van der Waals surface area contributed by atoms with Gasteiger partial charge in [-0.2, -0.15) is 9.36 Å². The Morgan fingerprint density at radius 2 is 1.93 bits per heavy atom. The van der Waals surface area contributed by atoms with Crippen LogP contribution in [0.5, 0.6) is 0 Å². The summed E-state index contributed by atoms with van der Waals surface area (Å²) in [6.45, 7) is 3.49. The van der Waals surface area contributed by atoms with Crippen molar-refractivity contribution in [2.45, 2.75) is 25.7 Å². The summed E-state index contributed by atoms with van der Waals surface area (Å²) >= 11 is 1.20. The molecule has 0 N–H and O–H groups in total. The molecule has 0 bridgehead atoms. The summed E-state index contributed by atoms with van der Waals surface area (Å²) in [5.74, 6) is 1.21. The van der Waals surface area contributed by atoms with Crippen LogP contribution in [-0.2, 0) is 6.54 Å². The molecular weight excluding hydrogens is 400 g/mol. The van der Waals surface area contributed by atoms with Crippen LogP contribution in [0.15, 0.2) is 24.3 Å². The van der Waals surface area contributed by atoms with Gasteiger partial charge in [0.15, 0.2) is 16.7 Å². The van der Waals surface area contributed by atoms with Crippen molar-refractivity contribution >= 4 is 23.4 Å². The van der Waals surface area contributed by atoms with Crippen LogP contribution in [0.4, 0.5) is 14.7 Å². The van der Waals surface area contributed by atoms with Crippen LogP contribution in [-0.4, -0.2) is 60.7 Å². The molecule has 1 aromatic carbocycles. The molecule has 5 rings (SSSR count). The van der Waals surface area contributed by atoms with Crippen LogP contribution < -0.4 is 4.90 Å². The van der Waals surface area contributed by atoms with Crippen molar-refractivity contribution in [3.63, 3.8) is 0 Å². The largest absolute Gasteiger partial charge is 0.334 e. The molecule has 2 aliphatic heterocycles. The van der Waals surface area contributed by atoms with Crippen molar-refractivity contribution in [2.24, 2.45) is 0 Å². The van der Waals surface area contributed by atoms with Crippen molar-refractivity contribution < 1.29 is 13.6 Å². The Labute approximate surface area is 169 Å². The molecule has 1 amide bonds. The average Bonchev–Trinajstić information content (AvgIpc) is 3.33. The monoisotopic (exact) mass is 417 g/mol. The second-order valence-corrected chi connectivity index (χ2v) is 7.87. The van der Waals surface area contributed by atoms with E-state index in [1.165, 1.54) is 35.8 Å². The van der Waals surface area contributed by atoms with E-state index < -0.39 is 6.17 Å². The van der Waals surface area contributed by atoms with E-state index >= 15 is 0 Å². The number of fused-ring (bicyclic) bond motifs is 1. The number of anilines is 1. The SMILES string of the molecule is C[C@@H]1c2nnc(-c3nc(N4CC(F)C4)ns3)n2CCN1C(=O)c1ccc(F)cc1. The van der Waals surface area contributed by atoms with E-state index in [2.05, 4.69) is 19.6 Å². The van der Waals surface area contributed by atoms with Gasteiger partial charge in [-0.25, -0.2) is 8.78 Å². The highest BCUT2D eigenvalue weighted by atomic mass is 32.1. The fourth-order valence-electron chi connectivity index (χ4n) is 3.60. The molecule has 29 heavy (non-hydrogen) atoms. The Balaban J connectivity index is 1.38. The summed E-state index contributed by atoms with van der Waals surface area (Å²) in [6.07, 6.45) is -0.826. The normalized spacial score (nSPS) is 19.2. The molecule has 1 saturated heterocycles. The lowest BCUT2D eigenvalue weighted by molar-refractivity contribution is 0.0638. The number of nitrogens with zero attached hydrogens (tertiary/aromatic N) is 7. The molecular formula is C18H17F2N7OS. The lowest BCUT2D eigenvalue weighted by Crippen LogP contribution is -2.48. The number of carbonyl (C=O) groups is 1. The minimum absolute atomic E-state index is 0.176. The zero-order valence-corrected chi connectivity index (χ0v) is 16.3. The highest BCUT2D eigenvalue weighted by Gasteiger charge is 2.34. The van der Waals surface area contributed by atoms with Gasteiger partial charge in [0.05, 0.1) is 19.1 Å². The van der Waals surface area contributed by atoms with Gasteiger partial charge in [-0.3, -0.25) is 4.79 Å². The Morgan fingerprint density at radius 1 is 1.17 bits per heavy atom. The first kappa shape index (κ1) is 18.1. The number of hydrogen-bond acceptors (Lipinski definition) is 7. The van der Waals surface area contributed by atoms with Crippen molar-refractivity contribution in [3.05, 3.63) is 41.5 Å². The van der Waals surface area contributed by atoms with Gasteiger partial charge in [0.2, 0.25) is 5.95 Å². The maximum absolute atomic E-state index is 13.1. The van der Waals surface area contributed by atoms with Crippen molar-refractivity contribution in [1.82, 2.24) is 29.0 Å². The van der Waals surface area contributed by atoms with Gasteiger partial charge in [0, 0.05) is 18.7 Å². The van der Waals surface area contributed by atoms with Gasteiger partial charge in [0.25, 0.3) is 5.91 Å². The summed E-state index contributed by atoms with van der Waals surface area (Å²) in [4.78, 5) is 20.8. The molecule has 4 heterocycles. The predicted octanol–water partition coefficient (Wildman–Crippen LogP) is 2.31. The second-order valence-electron chi connectivity index (χ2n) is 7.12. The molecule has 0 radical (unpaired) electrons. The summed E-state index contributed by atoms with van der Waals surface area (Å²) in [5.41, 5.74) is 0.431. The van der Waals surface area contributed by atoms with E-state index in [9.17, 15) is 13.6 Å². The van der Waals surface area contributed by atoms with Crippen molar-refractivity contribution in [2.75, 3.05) is 24.5 Å². The molecule has 2 aromatic heterocycles. The van der Waals surface area contributed by atoms with E-state index in [4.69, 9.17) is 0 Å². The van der Waals surface area contributed by atoms with Gasteiger partial charge >= 0.3 is 0 Å². The third kappa shape index (κ3) is 3.05. The highest BCUT2D eigenvalue weighted by Crippen LogP contribution is 2.31. The predicted molar refractivity (Wildman–Crippen MR) is 102 cm³/mol. The Morgan fingerprint density at radius 3 is 2.66 bits per heavy atom. The maximum atomic E-state index is 13.1. The van der Waals surface area contributed by atoms with E-state index in [1.807, 2.05) is 11.5 Å². The van der Waals surface area contributed by atoms with Crippen LogP contribution >= 0.6 is 11.5 Å². The standard InChI is InChI=1S/C18H17F2N7OS/c1-10-14-22-23-15(16-21-18(24-29-16)25-8-13(20)9-25)27(14)7-6-26(10)17(28)11-2-4-12(19)5-3-11/h2-5,10,13H,6-9H2,1H3/t10-/m1/s1. The van der Waals surface area contributed by atoms with E-state index in [0.717, 1.165) is 0 Å². The number of aromatic nitrogens is 5. The first-order valence-corrected chi connectivity index (χ1v) is 10.0. The quantitative estimate of drug-likeness (QED) is 0.651. The molecule has 150 valence electrons. The van der Waals surface area contributed by atoms with E-state index in [1.54, 1.807) is 9.80 Å². The van der Waals surface area contributed by atoms with Crippen LogP contribution in [0.3, 0.4) is 0 Å². The fraction of sp³-hybridized carbons (Fsp3) is 0.389. The van der Waals surface area contributed by atoms with Gasteiger partial charge in [-0.05, 0) is 42.7 Å². The molecule has 11 heteroatoms. The van der Waals surface area contributed by atoms with Crippen LogP contribution in [0.1, 0.15) is 29.1 Å². The summed E-state index contributed by atoms with van der Waals surface area (Å²) < 4.78 is 32.5. The molecule has 8 nitrogen and oxygen atoms in total. The van der Waals surface area contributed by atoms with Gasteiger partial charge in [0.1, 0.15) is 12.0 Å². The lowest BCUT2D eigenvalue weighted by atomic mass is 10.1. The molecule has 1 fully saturated rings. The van der Waals surface area contributed by atoms with Crippen LogP contribution in [0, 0.1) is 5.82 Å². The number of halogens is 2. The second kappa shape index (κ2) is 6.83. The summed E-state index contributed by atoms with van der Waals surface area (Å²) in [5, 5.41) is 9.17. The number of alkyl halides is 1. The number of carbonyl (C=O) groups excluding carboxylic acids is 1.